The van der Waals surface area contributed by atoms with Crippen molar-refractivity contribution in [2.75, 3.05) is 37.7 Å². The van der Waals surface area contributed by atoms with Gasteiger partial charge in [-0.3, -0.25) is 9.89 Å². The Hall–Kier alpha value is -2.98. The topological polar surface area (TPSA) is 107 Å². The molecule has 5 aliphatic rings. The zero-order valence-corrected chi connectivity index (χ0v) is 21.9. The SMILES string of the molecule is CC1(C#N)CN(C2C=C(Cl)C=NC2O)CCO1.FC(F)(F)c1nc2c(c(N3CCCC3)n1)OC1C=CC=CC21. The summed E-state index contributed by atoms with van der Waals surface area (Å²) < 4.78 is 50.7. The molecule has 5 unspecified atom stereocenters. The Bertz CT molecular complexity index is 1260. The molecular formula is C26H28ClF3N6O3. The Kier molecular flexibility index (Phi) is 7.70. The van der Waals surface area contributed by atoms with E-state index < -0.39 is 23.8 Å². The minimum Gasteiger partial charge on any atom is -0.479 e. The average Bonchev–Trinajstić information content (AvgIpc) is 3.58. The Morgan fingerprint density at radius 2 is 1.92 bits per heavy atom. The molecule has 1 aliphatic carbocycles. The highest BCUT2D eigenvalue weighted by molar-refractivity contribution is 6.39. The number of dihydropyridines is 1. The van der Waals surface area contributed by atoms with Crippen LogP contribution in [0.2, 0.25) is 0 Å². The van der Waals surface area contributed by atoms with Crippen molar-refractivity contribution in [3.63, 3.8) is 0 Å². The van der Waals surface area contributed by atoms with Crippen molar-refractivity contribution in [1.29, 1.82) is 5.26 Å². The van der Waals surface area contributed by atoms with Gasteiger partial charge >= 0.3 is 6.18 Å². The van der Waals surface area contributed by atoms with E-state index in [1.165, 1.54) is 6.21 Å². The van der Waals surface area contributed by atoms with Crippen LogP contribution in [0.25, 0.3) is 0 Å². The van der Waals surface area contributed by atoms with Crippen molar-refractivity contribution >= 4 is 23.6 Å². The van der Waals surface area contributed by atoms with E-state index in [1.807, 2.05) is 34.1 Å². The molecule has 9 nitrogen and oxygen atoms in total. The van der Waals surface area contributed by atoms with E-state index in [0.717, 1.165) is 12.8 Å². The van der Waals surface area contributed by atoms with Crippen molar-refractivity contribution < 1.29 is 27.8 Å². The van der Waals surface area contributed by atoms with Gasteiger partial charge in [-0.25, -0.2) is 9.97 Å². The third kappa shape index (κ3) is 5.82. The lowest BCUT2D eigenvalue weighted by Gasteiger charge is -2.40. The lowest BCUT2D eigenvalue weighted by Crippen LogP contribution is -2.55. The molecule has 4 aliphatic heterocycles. The highest BCUT2D eigenvalue weighted by atomic mass is 35.5. The monoisotopic (exact) mass is 564 g/mol. The molecule has 5 heterocycles. The van der Waals surface area contributed by atoms with Crippen molar-refractivity contribution in [1.82, 2.24) is 14.9 Å². The maximum absolute atomic E-state index is 13.1. The smallest absolute Gasteiger partial charge is 0.451 e. The number of aromatic nitrogens is 2. The van der Waals surface area contributed by atoms with Crippen LogP contribution in [0.4, 0.5) is 19.0 Å². The summed E-state index contributed by atoms with van der Waals surface area (Å²) in [6.45, 7) is 4.68. The first-order chi connectivity index (χ1) is 18.6. The largest absolute Gasteiger partial charge is 0.479 e. The summed E-state index contributed by atoms with van der Waals surface area (Å²) in [6, 6.07) is 1.85. The molecule has 0 amide bonds. The average molecular weight is 565 g/mol. The minimum atomic E-state index is -4.56. The maximum Gasteiger partial charge on any atom is 0.451 e. The number of ether oxygens (including phenoxy) is 2. The second kappa shape index (κ2) is 10.9. The number of morpholine rings is 1. The van der Waals surface area contributed by atoms with Crippen LogP contribution in [0.3, 0.4) is 0 Å². The van der Waals surface area contributed by atoms with Gasteiger partial charge in [-0.2, -0.15) is 18.4 Å². The van der Waals surface area contributed by atoms with Gasteiger partial charge in [-0.15, -0.1) is 0 Å². The number of aliphatic hydroxyl groups is 1. The van der Waals surface area contributed by atoms with Crippen LogP contribution in [0.15, 0.2) is 40.4 Å². The third-order valence-corrected chi connectivity index (χ3v) is 7.36. The van der Waals surface area contributed by atoms with Gasteiger partial charge in [0.1, 0.15) is 6.10 Å². The number of aliphatic hydroxyl groups excluding tert-OH is 1. The highest BCUT2D eigenvalue weighted by Crippen LogP contribution is 2.46. The predicted molar refractivity (Wildman–Crippen MR) is 138 cm³/mol. The van der Waals surface area contributed by atoms with Crippen LogP contribution >= 0.6 is 11.6 Å². The molecule has 5 atom stereocenters. The van der Waals surface area contributed by atoms with E-state index in [4.69, 9.17) is 26.3 Å². The molecule has 0 spiro atoms. The van der Waals surface area contributed by atoms with Gasteiger partial charge in [0.2, 0.25) is 5.82 Å². The normalized spacial score (nSPS) is 31.5. The van der Waals surface area contributed by atoms with Crippen molar-refractivity contribution in [2.24, 2.45) is 4.99 Å². The number of anilines is 1. The van der Waals surface area contributed by atoms with E-state index in [-0.39, 0.29) is 23.9 Å². The van der Waals surface area contributed by atoms with Gasteiger partial charge in [0.05, 0.1) is 35.4 Å². The molecule has 2 saturated heterocycles. The molecule has 6 rings (SSSR count). The summed E-state index contributed by atoms with van der Waals surface area (Å²) in [7, 11) is 0. The van der Waals surface area contributed by atoms with Crippen LogP contribution in [-0.4, -0.2) is 82.9 Å². The summed E-state index contributed by atoms with van der Waals surface area (Å²) in [5.41, 5.74) is -0.491. The zero-order chi connectivity index (χ0) is 27.8. The molecule has 1 N–H and O–H groups in total. The lowest BCUT2D eigenvalue weighted by molar-refractivity contribution is -0.145. The third-order valence-electron chi connectivity index (χ3n) is 7.14. The number of nitriles is 1. The number of allylic oxidation sites excluding steroid dienone is 3. The van der Waals surface area contributed by atoms with Gasteiger partial charge in [0.25, 0.3) is 0 Å². The Balaban J connectivity index is 0.000000164. The van der Waals surface area contributed by atoms with Crippen molar-refractivity contribution in [3.05, 3.63) is 46.9 Å². The number of halogens is 4. The van der Waals surface area contributed by atoms with Crippen LogP contribution in [-0.2, 0) is 10.9 Å². The fourth-order valence-electron chi connectivity index (χ4n) is 5.19. The molecule has 2 fully saturated rings. The standard InChI is InChI=1S/C15H14F3N3O.C11H14ClN3O2/c16-15(17,18)14-19-11-9-5-1-2-6-10(9)22-12(11)13(20-14)21-7-3-4-8-21;1-11(6-13)7-15(2-3-17-11)9-4-8(12)5-14-10(9)16/h1-2,5-6,9-10H,3-4,7-8H2;4-5,9-10,16H,2-3,7H2,1H3. The van der Waals surface area contributed by atoms with Gasteiger partial charge in [0.15, 0.2) is 23.4 Å². The van der Waals surface area contributed by atoms with E-state index in [2.05, 4.69) is 21.0 Å². The van der Waals surface area contributed by atoms with Gasteiger partial charge in [0, 0.05) is 32.4 Å². The van der Waals surface area contributed by atoms with E-state index in [9.17, 15) is 18.3 Å². The van der Waals surface area contributed by atoms with E-state index in [0.29, 0.717) is 49.3 Å². The first-order valence-electron chi connectivity index (χ1n) is 12.7. The molecule has 39 heavy (non-hydrogen) atoms. The molecule has 1 aromatic rings. The van der Waals surface area contributed by atoms with Crippen molar-refractivity contribution in [3.8, 4) is 11.8 Å². The lowest BCUT2D eigenvalue weighted by atomic mass is 9.96. The number of hydrogen-bond donors (Lipinski definition) is 1. The minimum absolute atomic E-state index is 0.273. The van der Waals surface area contributed by atoms with Crippen LogP contribution in [0, 0.1) is 11.3 Å². The molecule has 13 heteroatoms. The Labute approximate surface area is 228 Å². The summed E-state index contributed by atoms with van der Waals surface area (Å²) in [6.07, 6.45) is 6.72. The molecule has 0 bridgehead atoms. The molecule has 208 valence electrons. The second-order valence-electron chi connectivity index (χ2n) is 10.1. The first-order valence-corrected chi connectivity index (χ1v) is 13.1. The van der Waals surface area contributed by atoms with Gasteiger partial charge in [-0.1, -0.05) is 29.8 Å². The number of rotatable bonds is 2. The molecule has 0 saturated carbocycles. The maximum atomic E-state index is 13.1. The van der Waals surface area contributed by atoms with Crippen molar-refractivity contribution in [2.45, 2.75) is 55.8 Å². The van der Waals surface area contributed by atoms with Crippen LogP contribution in [0.5, 0.6) is 5.75 Å². The summed E-state index contributed by atoms with van der Waals surface area (Å²) >= 11 is 5.88. The summed E-state index contributed by atoms with van der Waals surface area (Å²) in [5.74, 6) is -0.669. The zero-order valence-electron chi connectivity index (χ0n) is 21.2. The molecule has 0 aromatic carbocycles. The molecular weight excluding hydrogens is 537 g/mol. The fourth-order valence-corrected chi connectivity index (χ4v) is 5.38. The van der Waals surface area contributed by atoms with E-state index in [1.54, 1.807) is 13.0 Å². The Morgan fingerprint density at radius 1 is 1.18 bits per heavy atom. The number of alkyl halides is 3. The highest BCUT2D eigenvalue weighted by Gasteiger charge is 2.43. The Morgan fingerprint density at radius 3 is 2.64 bits per heavy atom. The predicted octanol–water partition coefficient (Wildman–Crippen LogP) is 3.56. The summed E-state index contributed by atoms with van der Waals surface area (Å²) in [4.78, 5) is 15.3. The molecule has 0 radical (unpaired) electrons. The number of aliphatic imine (C=N–C) groups is 1. The summed E-state index contributed by atoms with van der Waals surface area (Å²) in [5, 5.41) is 19.4. The van der Waals surface area contributed by atoms with Crippen LogP contribution in [0.1, 0.15) is 37.2 Å². The number of fused-ring (bicyclic) bond motifs is 3. The first kappa shape index (κ1) is 27.6. The van der Waals surface area contributed by atoms with Gasteiger partial charge < -0.3 is 19.5 Å². The molecule has 1 aromatic heterocycles. The van der Waals surface area contributed by atoms with Crippen LogP contribution < -0.4 is 9.64 Å². The quantitative estimate of drug-likeness (QED) is 0.581. The van der Waals surface area contributed by atoms with E-state index >= 15 is 0 Å². The fraction of sp³-hybridized carbons (Fsp3) is 0.538. The number of nitrogens with zero attached hydrogens (tertiary/aromatic N) is 6. The number of hydrogen-bond acceptors (Lipinski definition) is 9. The van der Waals surface area contributed by atoms with Gasteiger partial charge in [-0.05, 0) is 31.9 Å². The second-order valence-corrected chi connectivity index (χ2v) is 10.5.